The fraction of sp³-hybridized carbons (Fsp3) is 0.444. The third kappa shape index (κ3) is 4.33. The molecule has 10 nitrogen and oxygen atoms in total. The maximum atomic E-state index is 13.0. The molecule has 3 rings (SSSR count). The third-order valence-electron chi connectivity index (χ3n) is 4.60. The molecule has 1 unspecified atom stereocenters. The number of carboxylic acid groups (broad SMARTS) is 1. The highest BCUT2D eigenvalue weighted by Gasteiger charge is 2.30. The van der Waals surface area contributed by atoms with Gasteiger partial charge < -0.3 is 10.4 Å². The molecule has 0 saturated carbocycles. The lowest BCUT2D eigenvalue weighted by Gasteiger charge is -2.21. The van der Waals surface area contributed by atoms with Crippen molar-refractivity contribution in [1.29, 1.82) is 0 Å². The number of carbonyl (C=O) groups is 3. The van der Waals surface area contributed by atoms with Crippen molar-refractivity contribution in [3.05, 3.63) is 28.6 Å². The number of benzene rings is 1. The Balaban J connectivity index is 1.78. The number of imide groups is 1. The van der Waals surface area contributed by atoms with Crippen molar-refractivity contribution in [3.8, 4) is 0 Å². The topological polar surface area (TPSA) is 143 Å². The fourth-order valence-electron chi connectivity index (χ4n) is 3.17. The van der Waals surface area contributed by atoms with Crippen LogP contribution < -0.4 is 16.2 Å². The zero-order valence-corrected chi connectivity index (χ0v) is 15.2. The van der Waals surface area contributed by atoms with E-state index in [9.17, 15) is 19.2 Å². The van der Waals surface area contributed by atoms with Crippen molar-refractivity contribution < 1.29 is 19.5 Å². The Morgan fingerprint density at radius 2 is 2.07 bits per heavy atom. The van der Waals surface area contributed by atoms with Crippen LogP contribution in [-0.2, 0) is 14.4 Å². The molecule has 10 heteroatoms. The summed E-state index contributed by atoms with van der Waals surface area (Å²) in [5.41, 5.74) is 0.537. The lowest BCUT2D eigenvalue weighted by atomic mass is 10.1. The van der Waals surface area contributed by atoms with Gasteiger partial charge in [-0.1, -0.05) is 17.7 Å². The van der Waals surface area contributed by atoms with Gasteiger partial charge in [-0.15, -0.1) is 5.10 Å². The summed E-state index contributed by atoms with van der Waals surface area (Å²) in [6.07, 6.45) is 2.58. The van der Waals surface area contributed by atoms with Crippen LogP contribution in [0.4, 0.5) is 5.69 Å². The minimum absolute atomic E-state index is 0.138. The quantitative estimate of drug-likeness (QED) is 0.446. The average molecular weight is 387 g/mol. The van der Waals surface area contributed by atoms with E-state index in [1.807, 2.05) is 0 Å². The Hall–Kier alpha value is -3.30. The first-order valence-corrected chi connectivity index (χ1v) is 9.15. The van der Waals surface area contributed by atoms with Gasteiger partial charge in [0.2, 0.25) is 5.91 Å². The summed E-state index contributed by atoms with van der Waals surface area (Å²) in [6, 6.07) is 4.29. The number of unbranched alkanes of at least 4 members (excludes halogenated alkanes) is 2. The van der Waals surface area contributed by atoms with Crippen LogP contribution >= 0.6 is 0 Å². The van der Waals surface area contributed by atoms with E-state index >= 15 is 0 Å². The molecule has 1 fully saturated rings. The van der Waals surface area contributed by atoms with E-state index in [-0.39, 0.29) is 25.2 Å². The van der Waals surface area contributed by atoms with E-state index in [2.05, 4.69) is 20.9 Å². The summed E-state index contributed by atoms with van der Waals surface area (Å²) in [7, 11) is 0. The first kappa shape index (κ1) is 19.5. The number of hydrogen-bond donors (Lipinski definition) is 3. The van der Waals surface area contributed by atoms with Crippen molar-refractivity contribution in [2.75, 3.05) is 11.9 Å². The highest BCUT2D eigenvalue weighted by Crippen LogP contribution is 2.20. The second-order valence-electron chi connectivity index (χ2n) is 6.64. The van der Waals surface area contributed by atoms with Crippen LogP contribution in [0.1, 0.15) is 44.6 Å². The number of fused-ring (bicyclic) bond motifs is 1. The fourth-order valence-corrected chi connectivity index (χ4v) is 3.17. The molecule has 1 saturated heterocycles. The van der Waals surface area contributed by atoms with Gasteiger partial charge in [0.25, 0.3) is 11.5 Å². The number of nitrogens with one attached hydrogen (secondary N) is 2. The first-order valence-electron chi connectivity index (χ1n) is 9.15. The molecule has 1 aliphatic rings. The summed E-state index contributed by atoms with van der Waals surface area (Å²) < 4.78 is 1.03. The number of piperidine rings is 1. The molecular weight excluding hydrogens is 366 g/mol. The molecule has 0 aliphatic carbocycles. The van der Waals surface area contributed by atoms with E-state index < -0.39 is 23.5 Å². The Labute approximate surface area is 159 Å². The molecule has 28 heavy (non-hydrogen) atoms. The maximum absolute atomic E-state index is 13.0. The summed E-state index contributed by atoms with van der Waals surface area (Å²) in [5, 5.41) is 22.3. The standard InChI is InChI=1S/C18H21N5O5/c24-14-9-8-13(17(27)20-14)23-18(28)16-11(5-4-6-12(16)21-22-23)19-10-3-1-2-7-15(25)26/h4-6,13,19H,1-3,7-10H2,(H,25,26)(H,20,24,27). The van der Waals surface area contributed by atoms with Gasteiger partial charge in [0, 0.05) is 25.1 Å². The van der Waals surface area contributed by atoms with Gasteiger partial charge in [0.15, 0.2) is 0 Å². The van der Waals surface area contributed by atoms with Crippen molar-refractivity contribution in [2.24, 2.45) is 0 Å². The van der Waals surface area contributed by atoms with Crippen LogP contribution in [0.3, 0.4) is 0 Å². The number of aliphatic carboxylic acids is 1. The second-order valence-corrected chi connectivity index (χ2v) is 6.64. The van der Waals surface area contributed by atoms with Gasteiger partial charge in [0.1, 0.15) is 11.6 Å². The molecule has 3 N–H and O–H groups in total. The zero-order valence-electron chi connectivity index (χ0n) is 15.2. The lowest BCUT2D eigenvalue weighted by molar-refractivity contribution is -0.138. The van der Waals surface area contributed by atoms with Crippen LogP contribution in [-0.4, -0.2) is 44.4 Å². The first-order chi connectivity index (χ1) is 13.5. The number of aromatic nitrogens is 3. The summed E-state index contributed by atoms with van der Waals surface area (Å²) >= 11 is 0. The Bertz CT molecular complexity index is 970. The summed E-state index contributed by atoms with van der Waals surface area (Å²) in [5.74, 6) is -1.74. The Morgan fingerprint density at radius 1 is 1.25 bits per heavy atom. The SMILES string of the molecule is O=C(O)CCCCCNc1cccc2nnn(C3CCC(=O)NC3=O)c(=O)c12. The maximum Gasteiger partial charge on any atom is 0.303 e. The van der Waals surface area contributed by atoms with Crippen molar-refractivity contribution in [1.82, 2.24) is 20.3 Å². The Morgan fingerprint density at radius 3 is 2.82 bits per heavy atom. The number of rotatable bonds is 8. The number of carboxylic acids is 1. The number of anilines is 1. The Kier molecular flexibility index (Phi) is 5.97. The zero-order chi connectivity index (χ0) is 20.1. The van der Waals surface area contributed by atoms with Gasteiger partial charge in [-0.05, 0) is 31.4 Å². The van der Waals surface area contributed by atoms with Gasteiger partial charge in [0.05, 0.1) is 5.39 Å². The van der Waals surface area contributed by atoms with Crippen molar-refractivity contribution in [3.63, 3.8) is 0 Å². The van der Waals surface area contributed by atoms with Crippen molar-refractivity contribution in [2.45, 2.75) is 44.6 Å². The molecule has 2 aromatic rings. The molecule has 1 aliphatic heterocycles. The van der Waals surface area contributed by atoms with Gasteiger partial charge >= 0.3 is 5.97 Å². The highest BCUT2D eigenvalue weighted by atomic mass is 16.4. The van der Waals surface area contributed by atoms with Gasteiger partial charge in [-0.3, -0.25) is 24.5 Å². The minimum atomic E-state index is -0.869. The molecule has 0 spiro atoms. The summed E-state index contributed by atoms with van der Waals surface area (Å²) in [6.45, 7) is 0.568. The third-order valence-corrected chi connectivity index (χ3v) is 4.60. The smallest absolute Gasteiger partial charge is 0.303 e. The predicted molar refractivity (Wildman–Crippen MR) is 99.8 cm³/mol. The second kappa shape index (κ2) is 8.59. The van der Waals surface area contributed by atoms with Crippen molar-refractivity contribution >= 4 is 34.4 Å². The lowest BCUT2D eigenvalue weighted by Crippen LogP contribution is -2.45. The van der Waals surface area contributed by atoms with Crippen LogP contribution in [0, 0.1) is 0 Å². The average Bonchev–Trinajstić information content (AvgIpc) is 2.65. The number of nitrogens with zero attached hydrogens (tertiary/aromatic N) is 3. The predicted octanol–water partition coefficient (Wildman–Crippen LogP) is 0.826. The molecule has 1 aromatic heterocycles. The van der Waals surface area contributed by atoms with Crippen LogP contribution in [0.15, 0.2) is 23.0 Å². The molecule has 0 radical (unpaired) electrons. The van der Waals surface area contributed by atoms with Gasteiger partial charge in [-0.2, -0.15) is 4.68 Å². The highest BCUT2D eigenvalue weighted by molar-refractivity contribution is 5.99. The number of hydrogen-bond acceptors (Lipinski definition) is 7. The van der Waals surface area contributed by atoms with Crippen LogP contribution in [0.2, 0.25) is 0 Å². The van der Waals surface area contributed by atoms with Crippen LogP contribution in [0.25, 0.3) is 10.9 Å². The van der Waals surface area contributed by atoms with E-state index in [1.54, 1.807) is 18.2 Å². The molecule has 2 heterocycles. The number of amides is 2. The molecule has 1 aromatic carbocycles. The number of carbonyl (C=O) groups excluding carboxylic acids is 2. The summed E-state index contributed by atoms with van der Waals surface area (Å²) in [4.78, 5) is 46.9. The van der Waals surface area contributed by atoms with E-state index in [1.165, 1.54) is 0 Å². The normalized spacial score (nSPS) is 16.8. The monoisotopic (exact) mass is 387 g/mol. The molecule has 0 bridgehead atoms. The minimum Gasteiger partial charge on any atom is -0.481 e. The molecular formula is C18H21N5O5. The van der Waals surface area contributed by atoms with E-state index in [4.69, 9.17) is 5.11 Å². The van der Waals surface area contributed by atoms with E-state index in [0.717, 1.165) is 17.5 Å². The van der Waals surface area contributed by atoms with Crippen LogP contribution in [0.5, 0.6) is 0 Å². The largest absolute Gasteiger partial charge is 0.481 e. The van der Waals surface area contributed by atoms with E-state index in [0.29, 0.717) is 29.6 Å². The molecule has 148 valence electrons. The molecule has 2 amide bonds. The van der Waals surface area contributed by atoms with Gasteiger partial charge in [-0.25, -0.2) is 0 Å². The molecule has 1 atom stereocenters.